The number of unbranched alkanes of at least 4 members (excludes halogenated alkanes) is 3. The second-order valence-electron chi connectivity index (χ2n) is 3.91. The van der Waals surface area contributed by atoms with Crippen molar-refractivity contribution in [3.8, 4) is 5.75 Å². The van der Waals surface area contributed by atoms with E-state index < -0.39 is 0 Å². The van der Waals surface area contributed by atoms with Crippen molar-refractivity contribution in [2.45, 2.75) is 25.7 Å². The summed E-state index contributed by atoms with van der Waals surface area (Å²) in [5, 5.41) is 4.00. The van der Waals surface area contributed by atoms with Crippen molar-refractivity contribution in [2.75, 3.05) is 19.0 Å². The third-order valence-corrected chi connectivity index (χ3v) is 2.88. The minimum absolute atomic E-state index is 0.643. The summed E-state index contributed by atoms with van der Waals surface area (Å²) in [4.78, 5) is 0. The van der Waals surface area contributed by atoms with Crippen LogP contribution in [0.2, 0.25) is 5.02 Å². The predicted molar refractivity (Wildman–Crippen MR) is 75.2 cm³/mol. The highest BCUT2D eigenvalue weighted by Crippen LogP contribution is 2.27. The zero-order valence-corrected chi connectivity index (χ0v) is 11.1. The zero-order valence-electron chi connectivity index (χ0n) is 10.3. The fourth-order valence-corrected chi connectivity index (χ4v) is 1.79. The molecule has 0 amide bonds. The molecule has 1 aromatic rings. The lowest BCUT2D eigenvalue weighted by Crippen LogP contribution is -2.01. The van der Waals surface area contributed by atoms with Crippen molar-refractivity contribution in [2.24, 2.45) is 0 Å². The molecule has 1 rings (SSSR count). The number of methoxy groups -OCH3 is 1. The monoisotopic (exact) mass is 253 g/mol. The summed E-state index contributed by atoms with van der Waals surface area (Å²) < 4.78 is 5.16. The molecule has 1 aromatic carbocycles. The van der Waals surface area contributed by atoms with Crippen LogP contribution < -0.4 is 10.1 Å². The van der Waals surface area contributed by atoms with Gasteiger partial charge in [0, 0.05) is 18.3 Å². The van der Waals surface area contributed by atoms with E-state index in [0.717, 1.165) is 18.7 Å². The number of anilines is 1. The minimum Gasteiger partial charge on any atom is -0.495 e. The van der Waals surface area contributed by atoms with Crippen LogP contribution in [0, 0.1) is 0 Å². The Kier molecular flexibility index (Phi) is 6.56. The van der Waals surface area contributed by atoms with Crippen LogP contribution in [-0.2, 0) is 0 Å². The number of hydrogen-bond acceptors (Lipinski definition) is 2. The molecular weight excluding hydrogens is 234 g/mol. The summed E-state index contributed by atoms with van der Waals surface area (Å²) in [5.41, 5.74) is 1.05. The van der Waals surface area contributed by atoms with E-state index >= 15 is 0 Å². The van der Waals surface area contributed by atoms with Gasteiger partial charge in [0.25, 0.3) is 0 Å². The summed E-state index contributed by atoms with van der Waals surface area (Å²) in [7, 11) is 1.63. The summed E-state index contributed by atoms with van der Waals surface area (Å²) in [6, 6.07) is 5.74. The summed E-state index contributed by atoms with van der Waals surface area (Å²) in [6.45, 7) is 4.69. The second-order valence-corrected chi connectivity index (χ2v) is 4.32. The first kappa shape index (κ1) is 13.9. The number of nitrogens with one attached hydrogen (secondary N) is 1. The largest absolute Gasteiger partial charge is 0.495 e. The number of allylic oxidation sites excluding steroid dienone is 1. The molecule has 0 saturated heterocycles. The van der Waals surface area contributed by atoms with Gasteiger partial charge in [-0.05, 0) is 31.4 Å². The number of halogens is 1. The lowest BCUT2D eigenvalue weighted by Gasteiger charge is -2.09. The highest BCUT2D eigenvalue weighted by atomic mass is 35.5. The van der Waals surface area contributed by atoms with E-state index in [1.807, 2.05) is 24.3 Å². The van der Waals surface area contributed by atoms with E-state index in [1.54, 1.807) is 7.11 Å². The van der Waals surface area contributed by atoms with Crippen molar-refractivity contribution in [3.05, 3.63) is 35.9 Å². The van der Waals surface area contributed by atoms with Gasteiger partial charge in [-0.1, -0.05) is 24.1 Å². The summed E-state index contributed by atoms with van der Waals surface area (Å²) in [5.74, 6) is 0.711. The molecule has 0 heterocycles. The number of hydrogen-bond donors (Lipinski definition) is 1. The van der Waals surface area contributed by atoms with Gasteiger partial charge in [-0.2, -0.15) is 0 Å². The standard InChI is InChI=1S/C14H20ClNO/c1-3-4-5-6-7-10-16-12-8-9-13(15)14(11-12)17-2/h3,8-9,11,16H,1,4-7,10H2,2H3. The third-order valence-electron chi connectivity index (χ3n) is 2.57. The van der Waals surface area contributed by atoms with E-state index in [0.29, 0.717) is 10.8 Å². The molecule has 0 aliphatic heterocycles. The highest BCUT2D eigenvalue weighted by Gasteiger charge is 2.01. The Morgan fingerprint density at radius 3 is 2.88 bits per heavy atom. The van der Waals surface area contributed by atoms with Gasteiger partial charge in [0.15, 0.2) is 0 Å². The van der Waals surface area contributed by atoms with Gasteiger partial charge in [-0.3, -0.25) is 0 Å². The van der Waals surface area contributed by atoms with Gasteiger partial charge in [0.05, 0.1) is 12.1 Å². The molecule has 0 spiro atoms. The van der Waals surface area contributed by atoms with Crippen LogP contribution in [0.3, 0.4) is 0 Å². The molecule has 0 aliphatic rings. The van der Waals surface area contributed by atoms with Crippen LogP contribution in [0.4, 0.5) is 5.69 Å². The maximum absolute atomic E-state index is 5.95. The SMILES string of the molecule is C=CCCCCCNc1ccc(Cl)c(OC)c1. The van der Waals surface area contributed by atoms with Gasteiger partial charge in [0.2, 0.25) is 0 Å². The van der Waals surface area contributed by atoms with Crippen LogP contribution in [0.5, 0.6) is 5.75 Å². The average molecular weight is 254 g/mol. The molecule has 3 heteroatoms. The van der Waals surface area contributed by atoms with Crippen molar-refractivity contribution in [3.63, 3.8) is 0 Å². The van der Waals surface area contributed by atoms with Gasteiger partial charge in [-0.15, -0.1) is 6.58 Å². The fourth-order valence-electron chi connectivity index (χ4n) is 1.59. The molecule has 2 nitrogen and oxygen atoms in total. The number of benzene rings is 1. The molecule has 0 saturated carbocycles. The van der Waals surface area contributed by atoms with Crippen LogP contribution >= 0.6 is 11.6 Å². The van der Waals surface area contributed by atoms with Crippen molar-refractivity contribution >= 4 is 17.3 Å². The van der Waals surface area contributed by atoms with Gasteiger partial charge in [0.1, 0.15) is 5.75 Å². The maximum Gasteiger partial charge on any atom is 0.139 e. The molecule has 0 aromatic heterocycles. The van der Waals surface area contributed by atoms with Gasteiger partial charge >= 0.3 is 0 Å². The molecule has 0 radical (unpaired) electrons. The number of rotatable bonds is 8. The molecule has 94 valence electrons. The van der Waals surface area contributed by atoms with E-state index in [1.165, 1.54) is 19.3 Å². The molecule has 0 fully saturated rings. The van der Waals surface area contributed by atoms with E-state index in [4.69, 9.17) is 16.3 Å². The first-order valence-corrected chi connectivity index (χ1v) is 6.34. The molecular formula is C14H20ClNO. The average Bonchev–Trinajstić information content (AvgIpc) is 2.35. The lowest BCUT2D eigenvalue weighted by atomic mass is 10.2. The first-order valence-electron chi connectivity index (χ1n) is 5.96. The van der Waals surface area contributed by atoms with E-state index in [-0.39, 0.29) is 0 Å². The summed E-state index contributed by atoms with van der Waals surface area (Å²) >= 11 is 5.95. The van der Waals surface area contributed by atoms with Crippen LogP contribution in [0.1, 0.15) is 25.7 Å². The smallest absolute Gasteiger partial charge is 0.139 e. The Morgan fingerprint density at radius 2 is 2.18 bits per heavy atom. The minimum atomic E-state index is 0.643. The Balaban J connectivity index is 2.29. The van der Waals surface area contributed by atoms with Crippen LogP contribution in [-0.4, -0.2) is 13.7 Å². The molecule has 17 heavy (non-hydrogen) atoms. The molecule has 0 aliphatic carbocycles. The Labute approximate surface area is 109 Å². The lowest BCUT2D eigenvalue weighted by molar-refractivity contribution is 0.415. The van der Waals surface area contributed by atoms with E-state index in [9.17, 15) is 0 Å². The van der Waals surface area contributed by atoms with Crippen molar-refractivity contribution < 1.29 is 4.74 Å². The van der Waals surface area contributed by atoms with Crippen LogP contribution in [0.25, 0.3) is 0 Å². The Bertz CT molecular complexity index is 352. The maximum atomic E-state index is 5.95. The van der Waals surface area contributed by atoms with Crippen molar-refractivity contribution in [1.82, 2.24) is 0 Å². The first-order chi connectivity index (χ1) is 8.27. The fraction of sp³-hybridized carbons (Fsp3) is 0.429. The predicted octanol–water partition coefficient (Wildman–Crippen LogP) is 4.51. The second kappa shape index (κ2) is 8.02. The summed E-state index contributed by atoms with van der Waals surface area (Å²) in [6.07, 6.45) is 6.68. The molecule has 0 bridgehead atoms. The topological polar surface area (TPSA) is 21.3 Å². The van der Waals surface area contributed by atoms with Crippen molar-refractivity contribution in [1.29, 1.82) is 0 Å². The highest BCUT2D eigenvalue weighted by molar-refractivity contribution is 6.32. The Hall–Kier alpha value is -1.15. The van der Waals surface area contributed by atoms with Crippen LogP contribution in [0.15, 0.2) is 30.9 Å². The third kappa shape index (κ3) is 5.14. The van der Waals surface area contributed by atoms with E-state index in [2.05, 4.69) is 11.9 Å². The number of ether oxygens (including phenoxy) is 1. The zero-order chi connectivity index (χ0) is 12.5. The Morgan fingerprint density at radius 1 is 1.35 bits per heavy atom. The quantitative estimate of drug-likeness (QED) is 0.544. The molecule has 0 atom stereocenters. The molecule has 1 N–H and O–H groups in total. The van der Waals surface area contributed by atoms with Gasteiger partial charge in [-0.25, -0.2) is 0 Å². The normalized spacial score (nSPS) is 10.0. The molecule has 0 unspecified atom stereocenters. The van der Waals surface area contributed by atoms with Gasteiger partial charge < -0.3 is 10.1 Å².